The van der Waals surface area contributed by atoms with Crippen molar-refractivity contribution in [2.45, 2.75) is 26.5 Å². The summed E-state index contributed by atoms with van der Waals surface area (Å²) in [4.78, 5) is 4.19. The van der Waals surface area contributed by atoms with Crippen LogP contribution >= 0.6 is 7.60 Å². The molecule has 0 aliphatic carbocycles. The molecule has 0 aromatic carbocycles. The minimum Gasteiger partial charge on any atom is -0.391 e. The van der Waals surface area contributed by atoms with Crippen molar-refractivity contribution >= 4 is 7.60 Å². The van der Waals surface area contributed by atoms with E-state index in [4.69, 9.17) is 9.05 Å². The fourth-order valence-electron chi connectivity index (χ4n) is 2.09. The molecule has 0 aliphatic heterocycles. The molecule has 126 valence electrons. The van der Waals surface area contributed by atoms with Crippen molar-refractivity contribution < 1.29 is 18.7 Å². The number of pyridine rings is 1. The Bertz CT molecular complexity index is 639. The van der Waals surface area contributed by atoms with Crippen molar-refractivity contribution in [1.29, 1.82) is 0 Å². The maximum Gasteiger partial charge on any atom is 0.333 e. The summed E-state index contributed by atoms with van der Waals surface area (Å²) in [6.45, 7) is 4.13. The molecule has 2 aromatic rings. The van der Waals surface area contributed by atoms with Gasteiger partial charge < -0.3 is 14.2 Å². The van der Waals surface area contributed by atoms with E-state index in [0.717, 1.165) is 0 Å². The summed E-state index contributed by atoms with van der Waals surface area (Å²) in [6.07, 6.45) is 2.34. The standard InChI is InChI=1S/C14H21N4O4P/c1-3-21-23(20,22-4-2)11-12(19)9-18-10-14(16-17-18)13-7-5-6-8-15-13/h5-8,10,12,19H,3-4,9,11H2,1-2H3/t12-/m1/s1. The van der Waals surface area contributed by atoms with Gasteiger partial charge in [0.1, 0.15) is 5.69 Å². The lowest BCUT2D eigenvalue weighted by atomic mass is 10.3. The zero-order chi connectivity index (χ0) is 16.7. The average molecular weight is 340 g/mol. The number of hydrogen-bond donors (Lipinski definition) is 1. The Morgan fingerprint density at radius 2 is 2.00 bits per heavy atom. The summed E-state index contributed by atoms with van der Waals surface area (Å²) in [5, 5.41) is 18.1. The third-order valence-corrected chi connectivity index (χ3v) is 5.12. The molecule has 8 nitrogen and oxygen atoms in total. The van der Waals surface area contributed by atoms with E-state index in [1.807, 2.05) is 18.2 Å². The molecule has 0 bridgehead atoms. The van der Waals surface area contributed by atoms with Gasteiger partial charge in [0.2, 0.25) is 0 Å². The van der Waals surface area contributed by atoms with Gasteiger partial charge in [-0.05, 0) is 26.0 Å². The van der Waals surface area contributed by atoms with Crippen LogP contribution in [0.15, 0.2) is 30.6 Å². The summed E-state index contributed by atoms with van der Waals surface area (Å²) in [5.41, 5.74) is 1.30. The highest BCUT2D eigenvalue weighted by Gasteiger charge is 2.28. The van der Waals surface area contributed by atoms with Gasteiger partial charge in [0.05, 0.1) is 43.9 Å². The van der Waals surface area contributed by atoms with E-state index in [0.29, 0.717) is 11.4 Å². The first-order chi connectivity index (χ1) is 11.1. The number of aromatic nitrogens is 4. The Hall–Kier alpha value is -1.60. The molecule has 0 unspecified atom stereocenters. The van der Waals surface area contributed by atoms with Crippen molar-refractivity contribution in [3.8, 4) is 11.4 Å². The zero-order valence-corrected chi connectivity index (χ0v) is 14.1. The second-order valence-electron chi connectivity index (χ2n) is 4.82. The molecule has 1 N–H and O–H groups in total. The molecule has 2 aromatic heterocycles. The van der Waals surface area contributed by atoms with Crippen LogP contribution in [0.2, 0.25) is 0 Å². The van der Waals surface area contributed by atoms with Gasteiger partial charge >= 0.3 is 7.60 Å². The number of aliphatic hydroxyl groups excluding tert-OH is 1. The molecule has 0 fully saturated rings. The van der Waals surface area contributed by atoms with Crippen LogP contribution in [0.1, 0.15) is 13.8 Å². The molecule has 2 rings (SSSR count). The van der Waals surface area contributed by atoms with Crippen LogP contribution in [0.4, 0.5) is 0 Å². The maximum absolute atomic E-state index is 12.4. The molecule has 0 aliphatic rings. The topological polar surface area (TPSA) is 99.4 Å². The molecule has 0 saturated heterocycles. The minimum atomic E-state index is -3.29. The molecule has 23 heavy (non-hydrogen) atoms. The van der Waals surface area contributed by atoms with E-state index in [-0.39, 0.29) is 25.9 Å². The van der Waals surface area contributed by atoms with E-state index in [1.165, 1.54) is 4.68 Å². The number of aliphatic hydroxyl groups is 1. The second-order valence-corrected chi connectivity index (χ2v) is 6.93. The molecule has 9 heteroatoms. The molecule has 2 heterocycles. The van der Waals surface area contributed by atoms with Crippen LogP contribution in [0.3, 0.4) is 0 Å². The van der Waals surface area contributed by atoms with Crippen molar-refractivity contribution in [1.82, 2.24) is 20.0 Å². The van der Waals surface area contributed by atoms with Crippen molar-refractivity contribution in [2.24, 2.45) is 0 Å². The van der Waals surface area contributed by atoms with Gasteiger partial charge in [0.25, 0.3) is 0 Å². The third kappa shape index (κ3) is 5.21. The van der Waals surface area contributed by atoms with Crippen LogP contribution < -0.4 is 0 Å². The first-order valence-corrected chi connectivity index (χ1v) is 9.17. The largest absolute Gasteiger partial charge is 0.391 e. The predicted molar refractivity (Wildman–Crippen MR) is 85.0 cm³/mol. The molecule has 0 saturated carbocycles. The monoisotopic (exact) mass is 340 g/mol. The van der Waals surface area contributed by atoms with E-state index in [1.54, 1.807) is 26.2 Å². The van der Waals surface area contributed by atoms with Crippen LogP contribution in [0.5, 0.6) is 0 Å². The van der Waals surface area contributed by atoms with Crippen molar-refractivity contribution in [3.63, 3.8) is 0 Å². The van der Waals surface area contributed by atoms with E-state index in [2.05, 4.69) is 15.3 Å². The van der Waals surface area contributed by atoms with Gasteiger partial charge in [-0.1, -0.05) is 11.3 Å². The molecule has 1 atom stereocenters. The van der Waals surface area contributed by atoms with Crippen LogP contribution in [0, 0.1) is 0 Å². The summed E-state index contributed by atoms with van der Waals surface area (Å²) in [7, 11) is -3.29. The van der Waals surface area contributed by atoms with Crippen molar-refractivity contribution in [2.75, 3.05) is 19.4 Å². The van der Waals surface area contributed by atoms with Crippen LogP contribution in [-0.4, -0.2) is 50.6 Å². The Morgan fingerprint density at radius 1 is 1.26 bits per heavy atom. The predicted octanol–water partition coefficient (Wildman–Crippen LogP) is 1.97. The van der Waals surface area contributed by atoms with Gasteiger partial charge in [-0.3, -0.25) is 9.55 Å². The zero-order valence-electron chi connectivity index (χ0n) is 13.2. The lowest BCUT2D eigenvalue weighted by Crippen LogP contribution is -2.22. The third-order valence-electron chi connectivity index (χ3n) is 2.95. The molecular formula is C14H21N4O4P. The van der Waals surface area contributed by atoms with E-state index < -0.39 is 13.7 Å². The van der Waals surface area contributed by atoms with Gasteiger partial charge in [-0.2, -0.15) is 0 Å². The fraction of sp³-hybridized carbons (Fsp3) is 0.500. The Morgan fingerprint density at radius 3 is 2.61 bits per heavy atom. The first kappa shape index (κ1) is 17.7. The summed E-state index contributed by atoms with van der Waals surface area (Å²) in [5.74, 6) is 0. The lowest BCUT2D eigenvalue weighted by molar-refractivity contribution is 0.150. The Kier molecular flexibility index (Phi) is 6.41. The van der Waals surface area contributed by atoms with Crippen LogP contribution in [0.25, 0.3) is 11.4 Å². The SMILES string of the molecule is CCOP(=O)(C[C@H](O)Cn1cc(-c2ccccn2)nn1)OCC. The number of nitrogens with zero attached hydrogens (tertiary/aromatic N) is 4. The highest BCUT2D eigenvalue weighted by atomic mass is 31.2. The number of rotatable bonds is 9. The first-order valence-electron chi connectivity index (χ1n) is 7.44. The van der Waals surface area contributed by atoms with Crippen LogP contribution in [-0.2, 0) is 20.2 Å². The Balaban J connectivity index is 1.99. The molecule has 0 spiro atoms. The second kappa shape index (κ2) is 8.31. The maximum atomic E-state index is 12.4. The van der Waals surface area contributed by atoms with Gasteiger partial charge in [-0.15, -0.1) is 5.10 Å². The highest BCUT2D eigenvalue weighted by molar-refractivity contribution is 7.53. The van der Waals surface area contributed by atoms with E-state index in [9.17, 15) is 9.67 Å². The Labute approximate surface area is 135 Å². The average Bonchev–Trinajstić information content (AvgIpc) is 2.96. The highest BCUT2D eigenvalue weighted by Crippen LogP contribution is 2.48. The summed E-state index contributed by atoms with van der Waals surface area (Å²) < 4.78 is 24.2. The summed E-state index contributed by atoms with van der Waals surface area (Å²) >= 11 is 0. The quantitative estimate of drug-likeness (QED) is 0.697. The molecule has 0 radical (unpaired) electrons. The smallest absolute Gasteiger partial charge is 0.333 e. The molecule has 0 amide bonds. The molecular weight excluding hydrogens is 319 g/mol. The number of hydrogen-bond acceptors (Lipinski definition) is 7. The lowest BCUT2D eigenvalue weighted by Gasteiger charge is -2.19. The summed E-state index contributed by atoms with van der Waals surface area (Å²) in [6, 6.07) is 5.50. The minimum absolute atomic E-state index is 0.0898. The fourth-order valence-corrected chi connectivity index (χ4v) is 3.79. The van der Waals surface area contributed by atoms with Gasteiger partial charge in [-0.25, -0.2) is 4.68 Å². The van der Waals surface area contributed by atoms with E-state index >= 15 is 0 Å². The van der Waals surface area contributed by atoms with Crippen molar-refractivity contribution in [3.05, 3.63) is 30.6 Å². The van der Waals surface area contributed by atoms with Gasteiger partial charge in [0, 0.05) is 6.20 Å². The van der Waals surface area contributed by atoms with Gasteiger partial charge in [0.15, 0.2) is 0 Å². The normalized spacial score (nSPS) is 13.2.